The minimum absolute atomic E-state index is 0.470. The zero-order chi connectivity index (χ0) is 17.9. The molecule has 0 fully saturated rings. The minimum Gasteiger partial charge on any atom is -0.493 e. The van der Waals surface area contributed by atoms with Crippen molar-refractivity contribution in [3.8, 4) is 17.2 Å². The number of carbonyl (C=O) groups excluding carboxylic acids is 1. The number of methoxy groups -OCH3 is 3. The molecule has 0 aliphatic carbocycles. The zero-order valence-electron chi connectivity index (χ0n) is 14.3. The number of quaternary nitrogens is 1. The molecule has 0 atom stereocenters. The van der Waals surface area contributed by atoms with E-state index in [0.29, 0.717) is 35.4 Å². The Kier molecular flexibility index (Phi) is 8.15. The van der Waals surface area contributed by atoms with Crippen molar-refractivity contribution in [3.63, 3.8) is 0 Å². The fourth-order valence-corrected chi connectivity index (χ4v) is 2.03. The summed E-state index contributed by atoms with van der Waals surface area (Å²) >= 11 is 0. The van der Waals surface area contributed by atoms with Crippen LogP contribution in [-0.2, 0) is 9.63 Å². The molecule has 0 heterocycles. The third-order valence-electron chi connectivity index (χ3n) is 3.09. The van der Waals surface area contributed by atoms with E-state index >= 15 is 0 Å². The normalized spacial score (nSPS) is 10.5. The summed E-state index contributed by atoms with van der Waals surface area (Å²) in [6.45, 7) is 8.26. The minimum atomic E-state index is -0.470. The van der Waals surface area contributed by atoms with Crippen LogP contribution in [0.2, 0.25) is 0 Å². The molecule has 130 valence electrons. The largest absolute Gasteiger partial charge is 0.493 e. The van der Waals surface area contributed by atoms with Gasteiger partial charge in [0.25, 0.3) is 0 Å². The summed E-state index contributed by atoms with van der Waals surface area (Å²) in [5.74, 6) is 1.04. The summed E-state index contributed by atoms with van der Waals surface area (Å²) in [5, 5.41) is 0.597. The van der Waals surface area contributed by atoms with E-state index in [9.17, 15) is 4.79 Å². The first-order valence-electron chi connectivity index (χ1n) is 7.35. The van der Waals surface area contributed by atoms with Crippen LogP contribution in [-0.4, -0.2) is 40.4 Å². The number of nitrogens with one attached hydrogen (secondary N) is 1. The molecule has 0 saturated carbocycles. The fraction of sp³-hybridized carbons (Fsp3) is 0.278. The molecule has 6 nitrogen and oxygen atoms in total. The van der Waals surface area contributed by atoms with Gasteiger partial charge in [0.05, 0.1) is 21.3 Å². The van der Waals surface area contributed by atoms with E-state index in [1.807, 2.05) is 0 Å². The van der Waals surface area contributed by atoms with Crippen LogP contribution in [0.4, 0.5) is 0 Å². The molecule has 0 spiro atoms. The van der Waals surface area contributed by atoms with Crippen molar-refractivity contribution in [2.45, 2.75) is 0 Å². The number of ether oxygens (including phenoxy) is 3. The van der Waals surface area contributed by atoms with Crippen LogP contribution in [0.1, 0.15) is 5.56 Å². The van der Waals surface area contributed by atoms with Gasteiger partial charge in [-0.2, -0.15) is 0 Å². The molecule has 0 saturated heterocycles. The van der Waals surface area contributed by atoms with Crippen LogP contribution in [0.3, 0.4) is 0 Å². The summed E-state index contributed by atoms with van der Waals surface area (Å²) in [6, 6.07) is 3.48. The molecule has 0 aliphatic rings. The number of hydroxylamine groups is 2. The molecule has 1 aromatic carbocycles. The molecule has 1 rings (SSSR count). The summed E-state index contributed by atoms with van der Waals surface area (Å²) in [7, 11) is 4.60. The first kappa shape index (κ1) is 19.3. The topological polar surface area (TPSA) is 58.4 Å². The maximum Gasteiger partial charge on any atom is 0.390 e. The van der Waals surface area contributed by atoms with Crippen LogP contribution >= 0.6 is 0 Å². The second-order valence-electron chi connectivity index (χ2n) is 4.74. The van der Waals surface area contributed by atoms with Crippen molar-refractivity contribution in [2.24, 2.45) is 0 Å². The molecule has 0 bridgehead atoms. The monoisotopic (exact) mass is 334 g/mol. The average Bonchev–Trinajstić information content (AvgIpc) is 2.59. The van der Waals surface area contributed by atoms with E-state index in [-0.39, 0.29) is 0 Å². The Hall–Kier alpha value is -2.73. The first-order chi connectivity index (χ1) is 11.6. The number of benzene rings is 1. The summed E-state index contributed by atoms with van der Waals surface area (Å²) < 4.78 is 15.8. The Balaban J connectivity index is 2.90. The summed E-state index contributed by atoms with van der Waals surface area (Å²) in [5.41, 5.74) is 0.718. The molecule has 24 heavy (non-hydrogen) atoms. The molecule has 6 heteroatoms. The van der Waals surface area contributed by atoms with Crippen LogP contribution in [0.25, 0.3) is 6.08 Å². The molecular weight excluding hydrogens is 310 g/mol. The lowest BCUT2D eigenvalue weighted by Gasteiger charge is -2.13. The van der Waals surface area contributed by atoms with Crippen LogP contribution < -0.4 is 19.3 Å². The van der Waals surface area contributed by atoms with Gasteiger partial charge in [-0.15, -0.1) is 5.06 Å². The van der Waals surface area contributed by atoms with Gasteiger partial charge in [-0.05, 0) is 35.9 Å². The first-order valence-corrected chi connectivity index (χ1v) is 7.35. The maximum absolute atomic E-state index is 11.9. The van der Waals surface area contributed by atoms with Crippen LogP contribution in [0, 0.1) is 0 Å². The highest BCUT2D eigenvalue weighted by Gasteiger charge is 2.13. The molecule has 0 aliphatic heterocycles. The summed E-state index contributed by atoms with van der Waals surface area (Å²) in [4.78, 5) is 17.2. The van der Waals surface area contributed by atoms with E-state index in [0.717, 1.165) is 5.56 Å². The van der Waals surface area contributed by atoms with Gasteiger partial charge in [-0.1, -0.05) is 13.2 Å². The average molecular weight is 334 g/mol. The Morgan fingerprint density at radius 1 is 1.04 bits per heavy atom. The van der Waals surface area contributed by atoms with Crippen molar-refractivity contribution in [2.75, 3.05) is 34.4 Å². The summed E-state index contributed by atoms with van der Waals surface area (Å²) in [6.07, 6.45) is 6.31. The second-order valence-corrected chi connectivity index (χ2v) is 4.74. The molecule has 0 radical (unpaired) electrons. The SMILES string of the molecule is C=CC[NH+](CC=C)OC(=O)C=Cc1cc(OC)c(OC)c(OC)c1. The van der Waals surface area contributed by atoms with E-state index in [1.54, 1.807) is 30.4 Å². The van der Waals surface area contributed by atoms with Gasteiger partial charge in [0.15, 0.2) is 11.5 Å². The predicted molar refractivity (Wildman–Crippen MR) is 92.3 cm³/mol. The zero-order valence-corrected chi connectivity index (χ0v) is 14.3. The van der Waals surface area contributed by atoms with Crippen LogP contribution in [0.15, 0.2) is 43.5 Å². The highest BCUT2D eigenvalue weighted by atomic mass is 16.7. The second kappa shape index (κ2) is 10.1. The lowest BCUT2D eigenvalue weighted by atomic mass is 10.1. The molecule has 1 aromatic rings. The number of rotatable bonds is 10. The molecule has 1 N–H and O–H groups in total. The Morgan fingerprint density at radius 2 is 1.58 bits per heavy atom. The molecule has 0 amide bonds. The van der Waals surface area contributed by atoms with Crippen molar-refractivity contribution < 1.29 is 28.9 Å². The third kappa shape index (κ3) is 5.48. The maximum atomic E-state index is 11.9. The van der Waals surface area contributed by atoms with Crippen molar-refractivity contribution in [1.29, 1.82) is 0 Å². The van der Waals surface area contributed by atoms with E-state index < -0.39 is 5.97 Å². The van der Waals surface area contributed by atoms with Gasteiger partial charge in [-0.25, -0.2) is 4.79 Å². The van der Waals surface area contributed by atoms with Gasteiger partial charge in [-0.3, -0.25) is 4.84 Å². The quantitative estimate of drug-likeness (QED) is 0.399. The Morgan fingerprint density at radius 3 is 2.00 bits per heavy atom. The lowest BCUT2D eigenvalue weighted by Crippen LogP contribution is -3.11. The van der Waals surface area contributed by atoms with Crippen LogP contribution in [0.5, 0.6) is 17.2 Å². The van der Waals surface area contributed by atoms with Crippen molar-refractivity contribution >= 4 is 12.0 Å². The van der Waals surface area contributed by atoms with Gasteiger partial charge in [0, 0.05) is 6.08 Å². The lowest BCUT2D eigenvalue weighted by molar-refractivity contribution is -1.06. The standard InChI is InChI=1S/C18H23NO5/c1-6-10-19(11-7-2)24-17(20)9-8-14-12-15(21-3)18(23-5)16(13-14)22-4/h6-9,12-13H,1-2,10-11H2,3-5H3/p+1. The van der Waals surface area contributed by atoms with Crippen molar-refractivity contribution in [3.05, 3.63) is 49.1 Å². The molecule has 0 unspecified atom stereocenters. The predicted octanol–water partition coefficient (Wildman–Crippen LogP) is 1.44. The molecule has 0 aromatic heterocycles. The smallest absolute Gasteiger partial charge is 0.390 e. The highest BCUT2D eigenvalue weighted by Crippen LogP contribution is 2.38. The fourth-order valence-electron chi connectivity index (χ4n) is 2.03. The van der Waals surface area contributed by atoms with Gasteiger partial charge in [0.2, 0.25) is 5.75 Å². The van der Waals surface area contributed by atoms with E-state index in [2.05, 4.69) is 13.2 Å². The van der Waals surface area contributed by atoms with Gasteiger partial charge in [0.1, 0.15) is 13.1 Å². The van der Waals surface area contributed by atoms with Gasteiger partial charge < -0.3 is 14.2 Å². The highest BCUT2D eigenvalue weighted by molar-refractivity contribution is 5.86. The van der Waals surface area contributed by atoms with Gasteiger partial charge >= 0.3 is 5.97 Å². The Labute approximate surface area is 142 Å². The van der Waals surface area contributed by atoms with Crippen molar-refractivity contribution in [1.82, 2.24) is 0 Å². The third-order valence-corrected chi connectivity index (χ3v) is 3.09. The molecular formula is C18H24NO5+. The number of hydrogen-bond donors (Lipinski definition) is 1. The number of hydrogen-bond acceptors (Lipinski definition) is 5. The van der Waals surface area contributed by atoms with E-state index in [1.165, 1.54) is 27.4 Å². The Bertz CT molecular complexity index is 574. The number of carbonyl (C=O) groups is 1. The van der Waals surface area contributed by atoms with E-state index in [4.69, 9.17) is 19.0 Å².